The van der Waals surface area contributed by atoms with Gasteiger partial charge in [0.1, 0.15) is 0 Å². The summed E-state index contributed by atoms with van der Waals surface area (Å²) in [4.78, 5) is 5.94. The molecule has 2 rings (SSSR count). The van der Waals surface area contributed by atoms with Crippen molar-refractivity contribution in [1.82, 2.24) is 4.98 Å². The minimum atomic E-state index is -3.23. The molecular formula is C10H10N4O2S. The van der Waals surface area contributed by atoms with Crippen LogP contribution >= 0.6 is 0 Å². The third kappa shape index (κ3) is 2.25. The fourth-order valence-electron chi connectivity index (χ4n) is 1.63. The number of H-pyrrole nitrogens is 1. The van der Waals surface area contributed by atoms with Crippen molar-refractivity contribution in [3.05, 3.63) is 40.4 Å². The number of nitrogens with one attached hydrogen (secondary N) is 1. The van der Waals surface area contributed by atoms with E-state index < -0.39 is 9.84 Å². The predicted molar refractivity (Wildman–Crippen MR) is 64.3 cm³/mol. The van der Waals surface area contributed by atoms with Crippen molar-refractivity contribution >= 4 is 20.7 Å². The van der Waals surface area contributed by atoms with Crippen molar-refractivity contribution in [2.45, 2.75) is 11.4 Å². The van der Waals surface area contributed by atoms with Crippen molar-refractivity contribution in [3.63, 3.8) is 0 Å². The Morgan fingerprint density at radius 1 is 1.47 bits per heavy atom. The Hall–Kier alpha value is -1.98. The molecule has 0 radical (unpaired) electrons. The Balaban J connectivity index is 2.62. The van der Waals surface area contributed by atoms with Crippen molar-refractivity contribution < 1.29 is 8.42 Å². The fraction of sp³-hybridized carbons (Fsp3) is 0.200. The smallest absolute Gasteiger partial charge is 0.175 e. The molecule has 0 aliphatic rings. The van der Waals surface area contributed by atoms with Crippen LogP contribution < -0.4 is 0 Å². The molecule has 0 spiro atoms. The van der Waals surface area contributed by atoms with Crippen molar-refractivity contribution in [2.24, 2.45) is 5.11 Å². The molecule has 0 amide bonds. The maximum Gasteiger partial charge on any atom is 0.175 e. The minimum absolute atomic E-state index is 0.198. The number of benzene rings is 1. The molecular weight excluding hydrogens is 240 g/mol. The van der Waals surface area contributed by atoms with Gasteiger partial charge >= 0.3 is 0 Å². The van der Waals surface area contributed by atoms with E-state index in [4.69, 9.17) is 5.53 Å². The highest BCUT2D eigenvalue weighted by atomic mass is 32.2. The van der Waals surface area contributed by atoms with E-state index in [1.165, 1.54) is 0 Å². The molecule has 0 saturated heterocycles. The zero-order valence-corrected chi connectivity index (χ0v) is 9.90. The molecule has 0 fully saturated rings. The maximum atomic E-state index is 11.4. The molecule has 7 heteroatoms. The van der Waals surface area contributed by atoms with Gasteiger partial charge in [0.05, 0.1) is 11.4 Å². The van der Waals surface area contributed by atoms with Crippen LogP contribution in [0.15, 0.2) is 34.4 Å². The van der Waals surface area contributed by atoms with Gasteiger partial charge in [-0.15, -0.1) is 0 Å². The van der Waals surface area contributed by atoms with Gasteiger partial charge in [-0.05, 0) is 29.3 Å². The quantitative estimate of drug-likeness (QED) is 0.514. The number of rotatable bonds is 3. The predicted octanol–water partition coefficient (Wildman–Crippen LogP) is 2.38. The molecule has 0 saturated carbocycles. The Labute approximate surface area is 97.8 Å². The maximum absolute atomic E-state index is 11.4. The Morgan fingerprint density at radius 3 is 2.88 bits per heavy atom. The largest absolute Gasteiger partial charge is 0.361 e. The molecule has 0 atom stereocenters. The number of fused-ring (bicyclic) bond motifs is 1. The van der Waals surface area contributed by atoms with Crippen LogP contribution in [0.2, 0.25) is 0 Å². The summed E-state index contributed by atoms with van der Waals surface area (Å²) < 4.78 is 22.9. The lowest BCUT2D eigenvalue weighted by Crippen LogP contribution is -1.96. The molecule has 1 heterocycles. The molecule has 2 aromatic rings. The second-order valence-electron chi connectivity index (χ2n) is 3.68. The number of nitrogens with zero attached hydrogens (tertiary/aromatic N) is 3. The first-order chi connectivity index (χ1) is 8.02. The summed E-state index contributed by atoms with van der Waals surface area (Å²) in [5.41, 5.74) is 9.87. The van der Waals surface area contributed by atoms with Crippen LogP contribution in [0.25, 0.3) is 21.3 Å². The minimum Gasteiger partial charge on any atom is -0.361 e. The van der Waals surface area contributed by atoms with Crippen LogP contribution in [-0.2, 0) is 16.4 Å². The Morgan fingerprint density at radius 2 is 2.24 bits per heavy atom. The summed E-state index contributed by atoms with van der Waals surface area (Å²) >= 11 is 0. The average Bonchev–Trinajstić information content (AvgIpc) is 2.67. The zero-order valence-electron chi connectivity index (χ0n) is 9.08. The summed E-state index contributed by atoms with van der Waals surface area (Å²) in [5, 5.41) is 4.23. The van der Waals surface area contributed by atoms with Crippen molar-refractivity contribution in [2.75, 3.05) is 6.26 Å². The fourth-order valence-corrected chi connectivity index (χ4v) is 2.27. The first kappa shape index (κ1) is 11.5. The van der Waals surface area contributed by atoms with Crippen LogP contribution in [-0.4, -0.2) is 19.7 Å². The third-order valence-electron chi connectivity index (χ3n) is 2.47. The molecule has 0 aliphatic carbocycles. The highest BCUT2D eigenvalue weighted by Crippen LogP contribution is 2.22. The van der Waals surface area contributed by atoms with Gasteiger partial charge in [-0.1, -0.05) is 5.11 Å². The SMILES string of the molecule is CS(=O)(=O)c1ccc2[nH]cc(CN=[N+]=[N-])c2c1. The van der Waals surface area contributed by atoms with Crippen LogP contribution in [0.4, 0.5) is 0 Å². The lowest BCUT2D eigenvalue weighted by Gasteiger charge is -1.99. The standard InChI is InChI=1S/C10H10N4O2S/c1-17(15,16)8-2-3-10-9(4-8)7(5-12-10)6-13-14-11/h2-5,12H,6H2,1H3. The monoisotopic (exact) mass is 250 g/mol. The third-order valence-corrected chi connectivity index (χ3v) is 3.58. The lowest BCUT2D eigenvalue weighted by atomic mass is 10.2. The highest BCUT2D eigenvalue weighted by Gasteiger charge is 2.10. The van der Waals surface area contributed by atoms with Gasteiger partial charge < -0.3 is 4.98 Å². The van der Waals surface area contributed by atoms with E-state index in [2.05, 4.69) is 15.0 Å². The second kappa shape index (κ2) is 4.12. The molecule has 0 unspecified atom stereocenters. The summed E-state index contributed by atoms with van der Waals surface area (Å²) in [5.74, 6) is 0. The molecule has 1 aromatic heterocycles. The van der Waals surface area contributed by atoms with E-state index >= 15 is 0 Å². The van der Waals surface area contributed by atoms with Gasteiger partial charge in [-0.3, -0.25) is 0 Å². The summed E-state index contributed by atoms with van der Waals surface area (Å²) in [6.45, 7) is 0.198. The first-order valence-electron chi connectivity index (χ1n) is 4.83. The van der Waals surface area contributed by atoms with Crippen LogP contribution in [0, 0.1) is 0 Å². The average molecular weight is 250 g/mol. The first-order valence-corrected chi connectivity index (χ1v) is 6.72. The van der Waals surface area contributed by atoms with E-state index in [1.807, 2.05) is 0 Å². The van der Waals surface area contributed by atoms with E-state index in [1.54, 1.807) is 24.4 Å². The number of sulfone groups is 1. The van der Waals surface area contributed by atoms with E-state index in [0.29, 0.717) is 0 Å². The number of hydrogen-bond donors (Lipinski definition) is 1. The highest BCUT2D eigenvalue weighted by molar-refractivity contribution is 7.90. The van der Waals surface area contributed by atoms with E-state index in [0.717, 1.165) is 22.7 Å². The van der Waals surface area contributed by atoms with Crippen LogP contribution in [0.5, 0.6) is 0 Å². The van der Waals surface area contributed by atoms with Gasteiger partial charge in [0.25, 0.3) is 0 Å². The normalized spacial score (nSPS) is 11.4. The zero-order chi connectivity index (χ0) is 12.5. The van der Waals surface area contributed by atoms with Gasteiger partial charge in [0.15, 0.2) is 9.84 Å². The molecule has 0 aliphatic heterocycles. The number of aromatic nitrogens is 1. The lowest BCUT2D eigenvalue weighted by molar-refractivity contribution is 0.602. The molecule has 0 bridgehead atoms. The molecule has 1 aromatic carbocycles. The topological polar surface area (TPSA) is 98.7 Å². The molecule has 6 nitrogen and oxygen atoms in total. The number of aromatic amines is 1. The summed E-state index contributed by atoms with van der Waals surface area (Å²) in [6.07, 6.45) is 2.87. The molecule has 17 heavy (non-hydrogen) atoms. The van der Waals surface area contributed by atoms with Gasteiger partial charge in [0.2, 0.25) is 0 Å². The number of azide groups is 1. The van der Waals surface area contributed by atoms with Crippen molar-refractivity contribution in [3.8, 4) is 0 Å². The second-order valence-corrected chi connectivity index (χ2v) is 5.70. The Bertz CT molecular complexity index is 711. The van der Waals surface area contributed by atoms with Crippen molar-refractivity contribution in [1.29, 1.82) is 0 Å². The molecule has 1 N–H and O–H groups in total. The van der Waals surface area contributed by atoms with Gasteiger partial charge in [0, 0.05) is 28.3 Å². The van der Waals surface area contributed by atoms with Crippen LogP contribution in [0.1, 0.15) is 5.56 Å². The van der Waals surface area contributed by atoms with Gasteiger partial charge in [-0.25, -0.2) is 8.42 Å². The van der Waals surface area contributed by atoms with Gasteiger partial charge in [-0.2, -0.15) is 0 Å². The summed E-state index contributed by atoms with van der Waals surface area (Å²) in [6, 6.07) is 4.83. The summed E-state index contributed by atoms with van der Waals surface area (Å²) in [7, 11) is -3.23. The molecule has 88 valence electrons. The Kier molecular flexibility index (Phi) is 2.79. The number of hydrogen-bond acceptors (Lipinski definition) is 3. The van der Waals surface area contributed by atoms with E-state index in [9.17, 15) is 8.42 Å². The van der Waals surface area contributed by atoms with E-state index in [-0.39, 0.29) is 11.4 Å². The van der Waals surface area contributed by atoms with Crippen LogP contribution in [0.3, 0.4) is 0 Å².